The molecule has 3 nitrogen and oxygen atoms in total. The van der Waals surface area contributed by atoms with Crippen molar-refractivity contribution in [3.8, 4) is 0 Å². The number of amides is 1. The smallest absolute Gasteiger partial charge is 0.252 e. The summed E-state index contributed by atoms with van der Waals surface area (Å²) in [5, 5.41) is 2.78. The number of hydrogen-bond donors (Lipinski definition) is 2. The number of nitrogens with two attached hydrogens (primary N) is 1. The number of nitrogens with one attached hydrogen (secondary N) is 1. The van der Waals surface area contributed by atoms with Crippen LogP contribution >= 0.6 is 28.3 Å². The summed E-state index contributed by atoms with van der Waals surface area (Å²) in [4.78, 5) is 12.1. The average molecular weight is 416 g/mol. The van der Waals surface area contributed by atoms with Crippen molar-refractivity contribution in [3.05, 3.63) is 69.4 Å². The Bertz CT molecular complexity index is 692. The molecule has 0 aliphatic carbocycles. The number of carbonyl (C=O) groups excluding carboxylic acids is 1. The lowest BCUT2D eigenvalue weighted by molar-refractivity contribution is 0.0950. The van der Waals surface area contributed by atoms with Crippen LogP contribution in [-0.2, 0) is 0 Å². The van der Waals surface area contributed by atoms with Crippen LogP contribution in [0.1, 0.15) is 47.3 Å². The topological polar surface area (TPSA) is 55.1 Å². The largest absolute Gasteiger partial charge is 0.350 e. The predicted octanol–water partition coefficient (Wildman–Crippen LogP) is 4.56. The van der Waals surface area contributed by atoms with Crippen LogP contribution in [0.5, 0.6) is 0 Å². The van der Waals surface area contributed by atoms with E-state index in [-0.39, 0.29) is 24.4 Å². The molecule has 0 bridgehead atoms. The molecule has 2 rings (SSSR count). The van der Waals surface area contributed by atoms with E-state index in [9.17, 15) is 9.18 Å². The maximum Gasteiger partial charge on any atom is 0.252 e. The van der Waals surface area contributed by atoms with Gasteiger partial charge in [0.25, 0.3) is 5.91 Å². The molecule has 0 fully saturated rings. The van der Waals surface area contributed by atoms with Crippen LogP contribution in [-0.4, -0.2) is 12.5 Å². The van der Waals surface area contributed by atoms with Crippen LogP contribution in [0.2, 0.25) is 0 Å². The molecular weight excluding hydrogens is 395 g/mol. The zero-order valence-electron chi connectivity index (χ0n) is 13.6. The molecule has 24 heavy (non-hydrogen) atoms. The van der Waals surface area contributed by atoms with Gasteiger partial charge in [0.15, 0.2) is 0 Å². The molecular formula is C18H21BrClFN2O. The number of halogens is 3. The van der Waals surface area contributed by atoms with Crippen molar-refractivity contribution < 1.29 is 9.18 Å². The van der Waals surface area contributed by atoms with E-state index in [0.717, 1.165) is 5.56 Å². The number of benzene rings is 2. The van der Waals surface area contributed by atoms with Crippen LogP contribution in [0.3, 0.4) is 0 Å². The highest BCUT2D eigenvalue weighted by molar-refractivity contribution is 9.10. The Morgan fingerprint density at radius 2 is 1.75 bits per heavy atom. The fourth-order valence-corrected chi connectivity index (χ4v) is 2.75. The molecule has 1 atom stereocenters. The Hall–Kier alpha value is -1.43. The Morgan fingerprint density at radius 1 is 1.17 bits per heavy atom. The van der Waals surface area contributed by atoms with Gasteiger partial charge in [0.2, 0.25) is 0 Å². The van der Waals surface area contributed by atoms with Crippen molar-refractivity contribution in [2.24, 2.45) is 5.73 Å². The molecule has 0 heterocycles. The molecule has 0 aliphatic rings. The third kappa shape index (κ3) is 5.30. The zero-order chi connectivity index (χ0) is 17.0. The lowest BCUT2D eigenvalue weighted by Gasteiger charge is -2.15. The minimum absolute atomic E-state index is 0. The van der Waals surface area contributed by atoms with E-state index in [2.05, 4.69) is 47.2 Å². The highest BCUT2D eigenvalue weighted by Crippen LogP contribution is 2.19. The van der Waals surface area contributed by atoms with Gasteiger partial charge < -0.3 is 11.1 Å². The molecule has 0 radical (unpaired) electrons. The summed E-state index contributed by atoms with van der Waals surface area (Å²) in [6.07, 6.45) is 0. The second kappa shape index (κ2) is 9.16. The predicted molar refractivity (Wildman–Crippen MR) is 101 cm³/mol. The first-order valence-corrected chi connectivity index (χ1v) is 8.26. The van der Waals surface area contributed by atoms with E-state index in [1.807, 2.05) is 12.1 Å². The van der Waals surface area contributed by atoms with Gasteiger partial charge in [-0.3, -0.25) is 4.79 Å². The van der Waals surface area contributed by atoms with Crippen LogP contribution in [0.4, 0.5) is 4.39 Å². The highest BCUT2D eigenvalue weighted by atomic mass is 79.9. The second-order valence-electron chi connectivity index (χ2n) is 5.76. The SMILES string of the molecule is CC(C)c1ccc(C(N)CNC(=O)c2ccc(F)cc2Br)cc1.Cl. The van der Waals surface area contributed by atoms with Gasteiger partial charge in [0.05, 0.1) is 5.56 Å². The van der Waals surface area contributed by atoms with E-state index < -0.39 is 5.82 Å². The molecule has 0 aliphatic heterocycles. The zero-order valence-corrected chi connectivity index (χ0v) is 16.0. The minimum atomic E-state index is -0.393. The first kappa shape index (κ1) is 20.6. The van der Waals surface area contributed by atoms with Gasteiger partial charge in [-0.15, -0.1) is 12.4 Å². The lowest BCUT2D eigenvalue weighted by Crippen LogP contribution is -2.32. The Labute approximate surface area is 156 Å². The summed E-state index contributed by atoms with van der Waals surface area (Å²) < 4.78 is 13.5. The summed E-state index contributed by atoms with van der Waals surface area (Å²) in [5.41, 5.74) is 8.72. The van der Waals surface area contributed by atoms with Crippen molar-refractivity contribution in [1.29, 1.82) is 0 Å². The van der Waals surface area contributed by atoms with Gasteiger partial charge in [0.1, 0.15) is 5.82 Å². The van der Waals surface area contributed by atoms with Crippen molar-refractivity contribution in [1.82, 2.24) is 5.32 Å². The van der Waals surface area contributed by atoms with E-state index in [1.54, 1.807) is 0 Å². The van der Waals surface area contributed by atoms with Gasteiger partial charge in [-0.05, 0) is 51.2 Å². The maximum absolute atomic E-state index is 13.1. The summed E-state index contributed by atoms with van der Waals surface area (Å²) in [6, 6.07) is 11.7. The van der Waals surface area contributed by atoms with E-state index in [4.69, 9.17) is 5.73 Å². The van der Waals surface area contributed by atoms with Gasteiger partial charge in [-0.2, -0.15) is 0 Å². The number of carbonyl (C=O) groups is 1. The van der Waals surface area contributed by atoms with Crippen LogP contribution in [0.15, 0.2) is 46.9 Å². The van der Waals surface area contributed by atoms with Crippen LogP contribution in [0.25, 0.3) is 0 Å². The highest BCUT2D eigenvalue weighted by Gasteiger charge is 2.13. The first-order chi connectivity index (χ1) is 10.9. The summed E-state index contributed by atoms with van der Waals surface area (Å²) in [7, 11) is 0. The molecule has 0 saturated heterocycles. The first-order valence-electron chi connectivity index (χ1n) is 7.47. The van der Waals surface area contributed by atoms with Gasteiger partial charge in [0, 0.05) is 17.1 Å². The minimum Gasteiger partial charge on any atom is -0.350 e. The fraction of sp³-hybridized carbons (Fsp3) is 0.278. The van der Waals surface area contributed by atoms with E-state index in [0.29, 0.717) is 22.5 Å². The van der Waals surface area contributed by atoms with Gasteiger partial charge >= 0.3 is 0 Å². The number of hydrogen-bond acceptors (Lipinski definition) is 2. The normalized spacial score (nSPS) is 11.8. The molecule has 1 amide bonds. The van der Waals surface area contributed by atoms with Crippen molar-refractivity contribution in [2.45, 2.75) is 25.8 Å². The fourth-order valence-electron chi connectivity index (χ4n) is 2.22. The molecule has 1 unspecified atom stereocenters. The van der Waals surface area contributed by atoms with Gasteiger partial charge in [-0.25, -0.2) is 4.39 Å². The molecule has 0 spiro atoms. The summed E-state index contributed by atoms with van der Waals surface area (Å²) in [6.45, 7) is 4.58. The van der Waals surface area contributed by atoms with Crippen molar-refractivity contribution in [3.63, 3.8) is 0 Å². The van der Waals surface area contributed by atoms with Crippen LogP contribution < -0.4 is 11.1 Å². The monoisotopic (exact) mass is 414 g/mol. The van der Waals surface area contributed by atoms with Crippen molar-refractivity contribution in [2.75, 3.05) is 6.54 Å². The average Bonchev–Trinajstić information content (AvgIpc) is 2.52. The Morgan fingerprint density at radius 3 is 2.29 bits per heavy atom. The van der Waals surface area contributed by atoms with E-state index >= 15 is 0 Å². The quantitative estimate of drug-likeness (QED) is 0.752. The second-order valence-corrected chi connectivity index (χ2v) is 6.62. The third-order valence-electron chi connectivity index (χ3n) is 3.69. The summed E-state index contributed by atoms with van der Waals surface area (Å²) in [5.74, 6) is -0.211. The maximum atomic E-state index is 13.1. The third-order valence-corrected chi connectivity index (χ3v) is 4.35. The van der Waals surface area contributed by atoms with E-state index in [1.165, 1.54) is 23.8 Å². The molecule has 130 valence electrons. The molecule has 2 aromatic carbocycles. The molecule has 0 saturated carbocycles. The number of rotatable bonds is 5. The van der Waals surface area contributed by atoms with Crippen molar-refractivity contribution >= 4 is 34.2 Å². The Balaban J connectivity index is 0.00000288. The lowest BCUT2D eigenvalue weighted by atomic mass is 9.99. The van der Waals surface area contributed by atoms with Crippen LogP contribution in [0, 0.1) is 5.82 Å². The summed E-state index contributed by atoms with van der Waals surface area (Å²) >= 11 is 3.19. The molecule has 6 heteroatoms. The standard InChI is InChI=1S/C18H20BrFN2O.ClH/c1-11(2)12-3-5-13(6-4-12)17(21)10-22-18(23)15-8-7-14(20)9-16(15)19;/h3-9,11,17H,10,21H2,1-2H3,(H,22,23);1H. The molecule has 2 aromatic rings. The molecule has 0 aromatic heterocycles. The molecule has 3 N–H and O–H groups in total. The Kier molecular flexibility index (Phi) is 7.87. The van der Waals surface area contributed by atoms with Gasteiger partial charge in [-0.1, -0.05) is 38.1 Å².